The van der Waals surface area contributed by atoms with Crippen LogP contribution >= 0.6 is 0 Å². The third kappa shape index (κ3) is 0.964. The van der Waals surface area contributed by atoms with Crippen molar-refractivity contribution in [1.82, 2.24) is 9.78 Å². The molecule has 1 aliphatic rings. The average Bonchev–Trinajstić information content (AvgIpc) is 2.45. The van der Waals surface area contributed by atoms with Crippen LogP contribution in [0.1, 0.15) is 18.2 Å². The first-order chi connectivity index (χ1) is 5.50. The lowest BCUT2D eigenvalue weighted by atomic mass is 10.5. The molecule has 1 saturated carbocycles. The largest absolute Gasteiger partial charge is 0.504 e. The van der Waals surface area contributed by atoms with Crippen molar-refractivity contribution < 1.29 is 13.9 Å². The molecule has 1 aromatic rings. The van der Waals surface area contributed by atoms with Gasteiger partial charge in [-0.25, -0.2) is 8.78 Å². The molecular formula is C7H8F2N2O. The van der Waals surface area contributed by atoms with Crippen LogP contribution in [-0.2, 0) is 0 Å². The maximum absolute atomic E-state index is 12.5. The van der Waals surface area contributed by atoms with E-state index in [9.17, 15) is 8.78 Å². The van der Waals surface area contributed by atoms with Gasteiger partial charge < -0.3 is 5.11 Å². The van der Waals surface area contributed by atoms with Crippen molar-refractivity contribution in [3.8, 4) is 5.75 Å². The van der Waals surface area contributed by atoms with Gasteiger partial charge in [0.25, 0.3) is 5.92 Å². The maximum atomic E-state index is 12.5. The Morgan fingerprint density at radius 2 is 2.33 bits per heavy atom. The lowest BCUT2D eigenvalue weighted by Gasteiger charge is -1.96. The number of aromatic hydroxyl groups is 1. The van der Waals surface area contributed by atoms with E-state index in [0.717, 1.165) is 4.68 Å². The molecule has 1 atom stereocenters. The standard InChI is InChI=1S/C7H8F2N2O/c1-4-5(12)3-11(10-4)6-2-7(6,8)9/h3,6,12H,2H2,1H3/t6-/m0/s1. The minimum absolute atomic E-state index is 0.0299. The third-order valence-corrected chi connectivity index (χ3v) is 2.00. The summed E-state index contributed by atoms with van der Waals surface area (Å²) in [6, 6.07) is -0.850. The predicted molar refractivity (Wildman–Crippen MR) is 37.2 cm³/mol. The molecule has 5 heteroatoms. The Hall–Kier alpha value is -1.13. The summed E-state index contributed by atoms with van der Waals surface area (Å²) in [5, 5.41) is 12.8. The Bertz CT molecular complexity index is 302. The van der Waals surface area contributed by atoms with Gasteiger partial charge in [0.1, 0.15) is 11.7 Å². The van der Waals surface area contributed by atoms with Gasteiger partial charge in [0.05, 0.1) is 6.20 Å². The summed E-state index contributed by atoms with van der Waals surface area (Å²) in [7, 11) is 0. The van der Waals surface area contributed by atoms with Crippen molar-refractivity contribution in [3.05, 3.63) is 11.9 Å². The Kier molecular flexibility index (Phi) is 1.23. The van der Waals surface area contributed by atoms with Crippen LogP contribution in [0.25, 0.3) is 0 Å². The van der Waals surface area contributed by atoms with Crippen LogP contribution in [0.4, 0.5) is 8.78 Å². The fourth-order valence-corrected chi connectivity index (χ4v) is 1.12. The van der Waals surface area contributed by atoms with Gasteiger partial charge in [-0.2, -0.15) is 5.10 Å². The van der Waals surface area contributed by atoms with Crippen LogP contribution in [0.5, 0.6) is 5.75 Å². The summed E-state index contributed by atoms with van der Waals surface area (Å²) in [5.74, 6) is -2.66. The first kappa shape index (κ1) is 7.52. The van der Waals surface area contributed by atoms with Crippen LogP contribution < -0.4 is 0 Å². The van der Waals surface area contributed by atoms with E-state index < -0.39 is 12.0 Å². The number of alkyl halides is 2. The average molecular weight is 174 g/mol. The molecule has 1 aliphatic carbocycles. The van der Waals surface area contributed by atoms with Crippen LogP contribution in [-0.4, -0.2) is 20.8 Å². The van der Waals surface area contributed by atoms with Gasteiger partial charge in [0, 0.05) is 6.42 Å². The molecule has 0 bridgehead atoms. The van der Waals surface area contributed by atoms with E-state index in [2.05, 4.69) is 5.10 Å². The van der Waals surface area contributed by atoms with E-state index in [1.807, 2.05) is 0 Å². The first-order valence-electron chi connectivity index (χ1n) is 3.63. The second-order valence-corrected chi connectivity index (χ2v) is 3.06. The zero-order valence-electron chi connectivity index (χ0n) is 6.46. The number of nitrogens with zero attached hydrogens (tertiary/aromatic N) is 2. The number of hydrogen-bond donors (Lipinski definition) is 1. The van der Waals surface area contributed by atoms with Gasteiger partial charge >= 0.3 is 0 Å². The first-order valence-corrected chi connectivity index (χ1v) is 3.63. The number of aryl methyl sites for hydroxylation is 1. The molecule has 0 aromatic carbocycles. The monoisotopic (exact) mass is 174 g/mol. The number of hydrogen-bond acceptors (Lipinski definition) is 2. The fraction of sp³-hybridized carbons (Fsp3) is 0.571. The molecule has 1 fully saturated rings. The molecule has 0 amide bonds. The van der Waals surface area contributed by atoms with Gasteiger partial charge in [-0.3, -0.25) is 4.68 Å². The molecule has 1 heterocycles. The molecule has 66 valence electrons. The highest BCUT2D eigenvalue weighted by molar-refractivity contribution is 5.22. The Balaban J connectivity index is 2.26. The van der Waals surface area contributed by atoms with Crippen molar-refractivity contribution in [2.24, 2.45) is 0 Å². The van der Waals surface area contributed by atoms with Gasteiger partial charge in [0.15, 0.2) is 5.75 Å². The molecule has 12 heavy (non-hydrogen) atoms. The summed E-state index contributed by atoms with van der Waals surface area (Å²) in [4.78, 5) is 0. The van der Waals surface area contributed by atoms with E-state index in [-0.39, 0.29) is 12.2 Å². The van der Waals surface area contributed by atoms with E-state index >= 15 is 0 Å². The summed E-state index contributed by atoms with van der Waals surface area (Å²) in [6.45, 7) is 1.58. The van der Waals surface area contributed by atoms with Crippen LogP contribution in [0, 0.1) is 6.92 Å². The summed E-state index contributed by atoms with van der Waals surface area (Å²) < 4.78 is 26.1. The van der Waals surface area contributed by atoms with Crippen LogP contribution in [0.2, 0.25) is 0 Å². The number of aromatic nitrogens is 2. The van der Waals surface area contributed by atoms with Crippen molar-refractivity contribution in [3.63, 3.8) is 0 Å². The quantitative estimate of drug-likeness (QED) is 0.700. The molecule has 0 aliphatic heterocycles. The number of rotatable bonds is 1. The van der Waals surface area contributed by atoms with Crippen molar-refractivity contribution in [1.29, 1.82) is 0 Å². The summed E-state index contributed by atoms with van der Waals surface area (Å²) in [5.41, 5.74) is 0.387. The minimum atomic E-state index is -2.63. The topological polar surface area (TPSA) is 38.0 Å². The van der Waals surface area contributed by atoms with Gasteiger partial charge in [-0.05, 0) is 6.92 Å². The molecule has 2 rings (SSSR count). The van der Waals surface area contributed by atoms with Crippen LogP contribution in [0.3, 0.4) is 0 Å². The highest BCUT2D eigenvalue weighted by Crippen LogP contribution is 2.52. The van der Waals surface area contributed by atoms with E-state index in [1.165, 1.54) is 6.20 Å². The molecule has 0 unspecified atom stereocenters. The predicted octanol–water partition coefficient (Wildman–Crippen LogP) is 1.48. The van der Waals surface area contributed by atoms with Gasteiger partial charge in [0.2, 0.25) is 0 Å². The zero-order chi connectivity index (χ0) is 8.93. The summed E-state index contributed by atoms with van der Waals surface area (Å²) in [6.07, 6.45) is 1.06. The normalized spacial score (nSPS) is 25.8. The van der Waals surface area contributed by atoms with Gasteiger partial charge in [-0.15, -0.1) is 0 Å². The highest BCUT2D eigenvalue weighted by atomic mass is 19.3. The third-order valence-electron chi connectivity index (χ3n) is 2.00. The fourth-order valence-electron chi connectivity index (χ4n) is 1.12. The smallest absolute Gasteiger partial charge is 0.272 e. The molecule has 3 nitrogen and oxygen atoms in total. The second kappa shape index (κ2) is 1.97. The van der Waals surface area contributed by atoms with Gasteiger partial charge in [-0.1, -0.05) is 0 Å². The molecular weight excluding hydrogens is 166 g/mol. The highest BCUT2D eigenvalue weighted by Gasteiger charge is 2.59. The minimum Gasteiger partial charge on any atom is -0.504 e. The van der Waals surface area contributed by atoms with E-state index in [4.69, 9.17) is 5.11 Å². The molecule has 0 spiro atoms. The lowest BCUT2D eigenvalue weighted by molar-refractivity contribution is 0.0983. The summed E-state index contributed by atoms with van der Waals surface area (Å²) >= 11 is 0. The Labute approximate surface area is 67.6 Å². The number of halogens is 2. The van der Waals surface area contributed by atoms with E-state index in [1.54, 1.807) is 6.92 Å². The molecule has 1 aromatic heterocycles. The van der Waals surface area contributed by atoms with E-state index in [0.29, 0.717) is 5.69 Å². The molecule has 1 N–H and O–H groups in total. The Morgan fingerprint density at radius 1 is 1.75 bits per heavy atom. The SMILES string of the molecule is Cc1nn([C@H]2CC2(F)F)cc1O. The van der Waals surface area contributed by atoms with Crippen molar-refractivity contribution in [2.75, 3.05) is 0 Å². The van der Waals surface area contributed by atoms with Crippen molar-refractivity contribution in [2.45, 2.75) is 25.3 Å². The molecule has 0 saturated heterocycles. The second-order valence-electron chi connectivity index (χ2n) is 3.06. The maximum Gasteiger partial charge on any atom is 0.272 e. The Morgan fingerprint density at radius 3 is 2.67 bits per heavy atom. The lowest BCUT2D eigenvalue weighted by Crippen LogP contribution is -2.02. The zero-order valence-corrected chi connectivity index (χ0v) is 6.46. The van der Waals surface area contributed by atoms with Crippen LogP contribution in [0.15, 0.2) is 6.20 Å². The van der Waals surface area contributed by atoms with Crippen molar-refractivity contribution >= 4 is 0 Å². The molecule has 0 radical (unpaired) electrons.